The van der Waals surface area contributed by atoms with Gasteiger partial charge >= 0.3 is 5.97 Å². The molecule has 0 radical (unpaired) electrons. The van der Waals surface area contributed by atoms with Crippen molar-refractivity contribution < 1.29 is 28.9 Å². The largest absolute Gasteiger partial charge is 0.464 e. The molecule has 12 heteroatoms. The number of nitro benzene ring substituents is 1. The first-order chi connectivity index (χ1) is 16.8. The van der Waals surface area contributed by atoms with Crippen LogP contribution in [-0.2, 0) is 32.9 Å². The van der Waals surface area contributed by atoms with Gasteiger partial charge in [0, 0.05) is 24.2 Å². The van der Waals surface area contributed by atoms with Gasteiger partial charge in [-0.05, 0) is 13.0 Å². The molecule has 0 N–H and O–H groups in total. The van der Waals surface area contributed by atoms with E-state index in [-0.39, 0.29) is 23.8 Å². The number of nitro groups is 1. The molecule has 0 fully saturated rings. The standard InChI is InChI=1S/C23H23N5O7/c1-15-20(22(27(2)25-15)35-18-10-7-9-17(12-18)28(30)31)13-24-34-14-16-8-5-6-11-19(16)21(26-33-4)23(29)32-3/h5-13H,14H2,1-4H3/b24-13+,26-21+. The minimum Gasteiger partial charge on any atom is -0.464 e. The van der Waals surface area contributed by atoms with Gasteiger partial charge in [-0.2, -0.15) is 5.10 Å². The van der Waals surface area contributed by atoms with Gasteiger partial charge in [-0.3, -0.25) is 10.1 Å². The number of oxime groups is 2. The minimum atomic E-state index is -0.656. The maximum absolute atomic E-state index is 12.1. The lowest BCUT2D eigenvalue weighted by molar-refractivity contribution is -0.384. The van der Waals surface area contributed by atoms with E-state index >= 15 is 0 Å². The van der Waals surface area contributed by atoms with Gasteiger partial charge in [0.05, 0.1) is 35.6 Å². The lowest BCUT2D eigenvalue weighted by Crippen LogP contribution is -2.19. The molecule has 182 valence electrons. The van der Waals surface area contributed by atoms with Crippen molar-refractivity contribution in [2.45, 2.75) is 13.5 Å². The van der Waals surface area contributed by atoms with Gasteiger partial charge in [0.1, 0.15) is 19.5 Å². The molecular weight excluding hydrogens is 458 g/mol. The summed E-state index contributed by atoms with van der Waals surface area (Å²) in [5.74, 6) is -0.0489. The molecule has 0 aliphatic heterocycles. The van der Waals surface area contributed by atoms with Gasteiger partial charge in [0.25, 0.3) is 5.69 Å². The Balaban J connectivity index is 1.79. The number of hydrogen-bond donors (Lipinski definition) is 0. The molecule has 0 spiro atoms. The molecule has 0 aliphatic carbocycles. The summed E-state index contributed by atoms with van der Waals surface area (Å²) in [6.45, 7) is 1.79. The van der Waals surface area contributed by atoms with E-state index in [0.29, 0.717) is 28.3 Å². The molecule has 0 saturated carbocycles. The van der Waals surface area contributed by atoms with E-state index in [1.54, 1.807) is 44.3 Å². The van der Waals surface area contributed by atoms with Crippen molar-refractivity contribution in [3.05, 3.63) is 81.0 Å². The summed E-state index contributed by atoms with van der Waals surface area (Å²) >= 11 is 0. The number of non-ortho nitro benzene ring substituents is 1. The first-order valence-electron chi connectivity index (χ1n) is 10.2. The summed E-state index contributed by atoms with van der Waals surface area (Å²) in [6, 6.07) is 12.8. The third-order valence-corrected chi connectivity index (χ3v) is 4.77. The molecule has 3 rings (SSSR count). The molecule has 0 aliphatic rings. The van der Waals surface area contributed by atoms with Gasteiger partial charge in [0.2, 0.25) is 5.88 Å². The van der Waals surface area contributed by atoms with E-state index in [1.165, 1.54) is 43.3 Å². The van der Waals surface area contributed by atoms with Crippen molar-refractivity contribution >= 4 is 23.6 Å². The Bertz CT molecular complexity index is 1280. The molecule has 3 aromatic rings. The first kappa shape index (κ1) is 24.9. The quantitative estimate of drug-likeness (QED) is 0.185. The van der Waals surface area contributed by atoms with Crippen LogP contribution in [0.2, 0.25) is 0 Å². The van der Waals surface area contributed by atoms with Crippen molar-refractivity contribution in [2.24, 2.45) is 17.4 Å². The maximum atomic E-state index is 12.1. The summed E-state index contributed by atoms with van der Waals surface area (Å²) < 4.78 is 12.1. The van der Waals surface area contributed by atoms with Crippen LogP contribution in [0.15, 0.2) is 58.8 Å². The zero-order valence-corrected chi connectivity index (χ0v) is 19.5. The van der Waals surface area contributed by atoms with Crippen LogP contribution in [-0.4, -0.2) is 46.8 Å². The third kappa shape index (κ3) is 5.99. The summed E-state index contributed by atoms with van der Waals surface area (Å²) in [5, 5.41) is 23.1. The van der Waals surface area contributed by atoms with Crippen LogP contribution in [0.3, 0.4) is 0 Å². The topological polar surface area (TPSA) is 140 Å². The van der Waals surface area contributed by atoms with Gasteiger partial charge < -0.3 is 19.1 Å². The van der Waals surface area contributed by atoms with Gasteiger partial charge in [-0.25, -0.2) is 9.48 Å². The molecule has 1 aromatic heterocycles. The van der Waals surface area contributed by atoms with Crippen molar-refractivity contribution in [1.82, 2.24) is 9.78 Å². The van der Waals surface area contributed by atoms with Gasteiger partial charge in [-0.15, -0.1) is 0 Å². The number of methoxy groups -OCH3 is 1. The first-order valence-corrected chi connectivity index (χ1v) is 10.2. The number of nitrogens with zero attached hydrogens (tertiary/aromatic N) is 5. The number of ether oxygens (including phenoxy) is 2. The van der Waals surface area contributed by atoms with E-state index in [0.717, 1.165) is 0 Å². The number of aryl methyl sites for hydroxylation is 2. The normalized spacial score (nSPS) is 11.4. The minimum absolute atomic E-state index is 0.00563. The number of aromatic nitrogens is 2. The zero-order chi connectivity index (χ0) is 25.4. The Morgan fingerprint density at radius 1 is 1.20 bits per heavy atom. The predicted octanol–water partition coefficient (Wildman–Crippen LogP) is 3.50. The van der Waals surface area contributed by atoms with Crippen LogP contribution < -0.4 is 4.74 Å². The van der Waals surface area contributed by atoms with E-state index in [9.17, 15) is 14.9 Å². The van der Waals surface area contributed by atoms with Crippen molar-refractivity contribution in [3.63, 3.8) is 0 Å². The number of hydrogen-bond acceptors (Lipinski definition) is 10. The molecular formula is C23H23N5O7. The van der Waals surface area contributed by atoms with E-state index in [2.05, 4.69) is 15.4 Å². The Kier molecular flexibility index (Phi) is 8.11. The molecule has 0 unspecified atom stereocenters. The lowest BCUT2D eigenvalue weighted by Gasteiger charge is -2.09. The summed E-state index contributed by atoms with van der Waals surface area (Å²) in [7, 11) is 4.26. The number of carbonyl (C=O) groups is 1. The fourth-order valence-corrected chi connectivity index (χ4v) is 3.15. The van der Waals surface area contributed by atoms with Crippen LogP contribution in [0.5, 0.6) is 11.6 Å². The van der Waals surface area contributed by atoms with Gasteiger partial charge in [-0.1, -0.05) is 40.6 Å². The number of rotatable bonds is 10. The highest BCUT2D eigenvalue weighted by atomic mass is 16.6. The fourth-order valence-electron chi connectivity index (χ4n) is 3.15. The highest BCUT2D eigenvalue weighted by Crippen LogP contribution is 2.28. The summed E-state index contributed by atoms with van der Waals surface area (Å²) in [6.07, 6.45) is 1.43. The van der Waals surface area contributed by atoms with E-state index in [1.807, 2.05) is 0 Å². The number of benzene rings is 2. The Morgan fingerprint density at radius 3 is 2.69 bits per heavy atom. The van der Waals surface area contributed by atoms with Gasteiger partial charge in [0.15, 0.2) is 5.71 Å². The zero-order valence-electron chi connectivity index (χ0n) is 19.5. The predicted molar refractivity (Wildman–Crippen MR) is 126 cm³/mol. The van der Waals surface area contributed by atoms with E-state index < -0.39 is 10.9 Å². The lowest BCUT2D eigenvalue weighted by atomic mass is 10.0. The van der Waals surface area contributed by atoms with Crippen LogP contribution >= 0.6 is 0 Å². The Hall–Kier alpha value is -4.74. The van der Waals surface area contributed by atoms with Crippen LogP contribution in [0.25, 0.3) is 0 Å². The van der Waals surface area contributed by atoms with Crippen molar-refractivity contribution in [2.75, 3.05) is 14.2 Å². The number of esters is 1. The second-order valence-corrected chi connectivity index (χ2v) is 7.06. The van der Waals surface area contributed by atoms with Crippen LogP contribution in [0.4, 0.5) is 5.69 Å². The molecule has 0 amide bonds. The molecule has 2 aromatic carbocycles. The molecule has 0 atom stereocenters. The highest BCUT2D eigenvalue weighted by molar-refractivity contribution is 6.43. The van der Waals surface area contributed by atoms with Crippen molar-refractivity contribution in [1.29, 1.82) is 0 Å². The fraction of sp³-hybridized carbons (Fsp3) is 0.217. The summed E-state index contributed by atoms with van der Waals surface area (Å²) in [5.41, 5.74) is 2.14. The average molecular weight is 481 g/mol. The molecule has 12 nitrogen and oxygen atoms in total. The Morgan fingerprint density at radius 2 is 1.97 bits per heavy atom. The molecule has 1 heterocycles. The number of carbonyl (C=O) groups excluding carboxylic acids is 1. The third-order valence-electron chi connectivity index (χ3n) is 4.77. The van der Waals surface area contributed by atoms with Crippen molar-refractivity contribution in [3.8, 4) is 11.6 Å². The second-order valence-electron chi connectivity index (χ2n) is 7.06. The molecule has 0 bridgehead atoms. The average Bonchev–Trinajstić information content (AvgIpc) is 3.12. The monoisotopic (exact) mass is 481 g/mol. The maximum Gasteiger partial charge on any atom is 0.360 e. The highest BCUT2D eigenvalue weighted by Gasteiger charge is 2.19. The molecule has 0 saturated heterocycles. The second kappa shape index (κ2) is 11.4. The summed E-state index contributed by atoms with van der Waals surface area (Å²) in [4.78, 5) is 32.9. The SMILES string of the molecule is CO/N=C(/C(=O)OC)c1ccccc1CO/N=C/c1c(C)nn(C)c1Oc1cccc([N+](=O)[O-])c1. The molecule has 35 heavy (non-hydrogen) atoms. The van der Waals surface area contributed by atoms with Crippen LogP contribution in [0.1, 0.15) is 22.4 Å². The Labute approximate surface area is 200 Å². The smallest absolute Gasteiger partial charge is 0.360 e. The van der Waals surface area contributed by atoms with Crippen LogP contribution in [0, 0.1) is 17.0 Å². The van der Waals surface area contributed by atoms with E-state index in [4.69, 9.17) is 19.1 Å².